The number of nitrogens with one attached hydrogen (secondary N) is 1. The van der Waals surface area contributed by atoms with Gasteiger partial charge < -0.3 is 10.4 Å². The summed E-state index contributed by atoms with van der Waals surface area (Å²) in [5.74, 6) is -1.80. The number of rotatable bonds is 3. The van der Waals surface area contributed by atoms with Crippen molar-refractivity contribution in [1.82, 2.24) is 0 Å². The third-order valence-electron chi connectivity index (χ3n) is 1.68. The van der Waals surface area contributed by atoms with Gasteiger partial charge in [0.05, 0.1) is 11.3 Å². The summed E-state index contributed by atoms with van der Waals surface area (Å²) in [4.78, 5) is 21.4. The Morgan fingerprint density at radius 2 is 2.00 bits per heavy atom. The molecule has 0 aliphatic rings. The van der Waals surface area contributed by atoms with E-state index in [0.29, 0.717) is 11.3 Å². The average molecular weight is 216 g/mol. The van der Waals surface area contributed by atoms with Crippen molar-refractivity contribution < 1.29 is 14.7 Å². The maximum absolute atomic E-state index is 11.2. The van der Waals surface area contributed by atoms with E-state index in [1.165, 1.54) is 0 Å². The number of benzene rings is 1. The topological polar surface area (TPSA) is 90.2 Å². The van der Waals surface area contributed by atoms with Crippen LogP contribution in [0.4, 0.5) is 5.69 Å². The predicted octanol–water partition coefficient (Wildman–Crippen LogP) is 1.14. The van der Waals surface area contributed by atoms with Gasteiger partial charge in [0.2, 0.25) is 5.91 Å². The standard InChI is InChI=1S/C11H8N2O3/c12-7-8-3-1-2-4-9(8)13-10(14)5-6-11(15)16/h1-6H,(H,13,14)(H,15,16)/b6-5-. The highest BCUT2D eigenvalue weighted by molar-refractivity contribution is 6.02. The van der Waals surface area contributed by atoms with Gasteiger partial charge in [-0.3, -0.25) is 4.79 Å². The second-order valence-electron chi connectivity index (χ2n) is 2.82. The molecule has 5 nitrogen and oxygen atoms in total. The number of hydrogen-bond donors (Lipinski definition) is 2. The van der Waals surface area contributed by atoms with Crippen molar-refractivity contribution in [1.29, 1.82) is 5.26 Å². The summed E-state index contributed by atoms with van der Waals surface area (Å²) < 4.78 is 0. The van der Waals surface area contributed by atoms with E-state index in [-0.39, 0.29) is 0 Å². The fourth-order valence-electron chi connectivity index (χ4n) is 1.01. The lowest BCUT2D eigenvalue weighted by molar-refractivity contribution is -0.131. The Morgan fingerprint density at radius 1 is 1.31 bits per heavy atom. The zero-order chi connectivity index (χ0) is 12.0. The fourth-order valence-corrected chi connectivity index (χ4v) is 1.01. The molecule has 0 fully saturated rings. The molecule has 0 saturated carbocycles. The van der Waals surface area contributed by atoms with Crippen molar-refractivity contribution in [2.24, 2.45) is 0 Å². The van der Waals surface area contributed by atoms with Gasteiger partial charge in [-0.05, 0) is 12.1 Å². The lowest BCUT2D eigenvalue weighted by atomic mass is 10.2. The van der Waals surface area contributed by atoms with Crippen LogP contribution in [-0.2, 0) is 9.59 Å². The number of hydrogen-bond acceptors (Lipinski definition) is 3. The van der Waals surface area contributed by atoms with Gasteiger partial charge >= 0.3 is 5.97 Å². The third kappa shape index (κ3) is 3.27. The molecule has 16 heavy (non-hydrogen) atoms. The lowest BCUT2D eigenvalue weighted by Gasteiger charge is -2.02. The van der Waals surface area contributed by atoms with Crippen LogP contribution in [-0.4, -0.2) is 17.0 Å². The minimum absolute atomic E-state index is 0.319. The van der Waals surface area contributed by atoms with Crippen LogP contribution in [0.2, 0.25) is 0 Å². The first-order chi connectivity index (χ1) is 7.63. The van der Waals surface area contributed by atoms with E-state index < -0.39 is 11.9 Å². The van der Waals surface area contributed by atoms with Gasteiger partial charge in [0, 0.05) is 12.2 Å². The molecule has 0 spiro atoms. The highest BCUT2D eigenvalue weighted by Crippen LogP contribution is 2.13. The predicted molar refractivity (Wildman–Crippen MR) is 56.6 cm³/mol. The summed E-state index contributed by atoms with van der Waals surface area (Å²) in [7, 11) is 0. The molecule has 1 amide bonds. The van der Waals surface area contributed by atoms with E-state index in [0.717, 1.165) is 12.2 Å². The molecule has 0 aliphatic carbocycles. The van der Waals surface area contributed by atoms with E-state index in [1.54, 1.807) is 24.3 Å². The Labute approximate surface area is 91.6 Å². The van der Waals surface area contributed by atoms with Crippen LogP contribution in [0.1, 0.15) is 5.56 Å². The molecule has 0 radical (unpaired) electrons. The summed E-state index contributed by atoms with van der Waals surface area (Å²) in [6, 6.07) is 8.36. The quantitative estimate of drug-likeness (QED) is 0.741. The first-order valence-electron chi connectivity index (χ1n) is 4.34. The van der Waals surface area contributed by atoms with Crippen molar-refractivity contribution >= 4 is 17.6 Å². The zero-order valence-electron chi connectivity index (χ0n) is 8.18. The molecule has 1 aromatic carbocycles. The lowest BCUT2D eigenvalue weighted by Crippen LogP contribution is -2.09. The second-order valence-corrected chi connectivity index (χ2v) is 2.82. The SMILES string of the molecule is N#Cc1ccccc1NC(=O)/C=C\C(=O)O. The Bertz CT molecular complexity index is 486. The summed E-state index contributed by atoms with van der Waals surface area (Å²) in [6.07, 6.45) is 1.61. The van der Waals surface area contributed by atoms with Crippen LogP contribution in [0.25, 0.3) is 0 Å². The van der Waals surface area contributed by atoms with Crippen molar-refractivity contribution in [2.45, 2.75) is 0 Å². The van der Waals surface area contributed by atoms with Gasteiger partial charge in [-0.15, -0.1) is 0 Å². The number of carboxylic acid groups (broad SMARTS) is 1. The molecule has 0 aromatic heterocycles. The van der Waals surface area contributed by atoms with Crippen LogP contribution in [0.15, 0.2) is 36.4 Å². The van der Waals surface area contributed by atoms with E-state index in [9.17, 15) is 9.59 Å². The molecule has 0 atom stereocenters. The number of aliphatic carboxylic acids is 1. The van der Waals surface area contributed by atoms with E-state index in [2.05, 4.69) is 5.32 Å². The molecule has 80 valence electrons. The van der Waals surface area contributed by atoms with E-state index >= 15 is 0 Å². The monoisotopic (exact) mass is 216 g/mol. The maximum atomic E-state index is 11.2. The van der Waals surface area contributed by atoms with Crippen molar-refractivity contribution in [3.8, 4) is 6.07 Å². The number of anilines is 1. The van der Waals surface area contributed by atoms with Crippen molar-refractivity contribution in [2.75, 3.05) is 5.32 Å². The van der Waals surface area contributed by atoms with Crippen LogP contribution >= 0.6 is 0 Å². The maximum Gasteiger partial charge on any atom is 0.328 e. The largest absolute Gasteiger partial charge is 0.478 e. The Morgan fingerprint density at radius 3 is 2.62 bits per heavy atom. The molecule has 1 rings (SSSR count). The number of nitriles is 1. The van der Waals surface area contributed by atoms with Gasteiger partial charge in [0.25, 0.3) is 0 Å². The van der Waals surface area contributed by atoms with Gasteiger partial charge in [0.1, 0.15) is 6.07 Å². The Balaban J connectivity index is 2.78. The number of carbonyl (C=O) groups is 2. The van der Waals surface area contributed by atoms with Gasteiger partial charge in [-0.2, -0.15) is 5.26 Å². The van der Waals surface area contributed by atoms with Gasteiger partial charge in [-0.1, -0.05) is 12.1 Å². The first-order valence-corrected chi connectivity index (χ1v) is 4.34. The highest BCUT2D eigenvalue weighted by atomic mass is 16.4. The molecule has 0 unspecified atom stereocenters. The second kappa shape index (κ2) is 5.32. The number of carbonyl (C=O) groups excluding carboxylic acids is 1. The van der Waals surface area contributed by atoms with Gasteiger partial charge in [-0.25, -0.2) is 4.79 Å². The van der Waals surface area contributed by atoms with Crippen molar-refractivity contribution in [3.05, 3.63) is 42.0 Å². The molecule has 5 heteroatoms. The summed E-state index contributed by atoms with van der Waals surface area (Å²) in [6.45, 7) is 0. The molecule has 2 N–H and O–H groups in total. The normalized spacial score (nSPS) is 9.69. The molecule has 1 aromatic rings. The number of nitrogens with zero attached hydrogens (tertiary/aromatic N) is 1. The molecule has 0 saturated heterocycles. The van der Waals surface area contributed by atoms with Crippen LogP contribution in [0, 0.1) is 11.3 Å². The highest BCUT2D eigenvalue weighted by Gasteiger charge is 2.03. The summed E-state index contributed by atoms with van der Waals surface area (Å²) in [5.41, 5.74) is 0.671. The minimum atomic E-state index is -1.20. The first kappa shape index (κ1) is 11.5. The smallest absolute Gasteiger partial charge is 0.328 e. The number of para-hydroxylation sites is 1. The molecule has 0 bridgehead atoms. The summed E-state index contributed by atoms with van der Waals surface area (Å²) >= 11 is 0. The van der Waals surface area contributed by atoms with E-state index in [1.807, 2.05) is 6.07 Å². The Kier molecular flexibility index (Phi) is 3.81. The number of amides is 1. The zero-order valence-corrected chi connectivity index (χ0v) is 8.18. The van der Waals surface area contributed by atoms with Crippen LogP contribution in [0.3, 0.4) is 0 Å². The molecule has 0 aliphatic heterocycles. The van der Waals surface area contributed by atoms with Crippen molar-refractivity contribution in [3.63, 3.8) is 0 Å². The summed E-state index contributed by atoms with van der Waals surface area (Å²) in [5, 5.41) is 19.5. The average Bonchev–Trinajstić information content (AvgIpc) is 2.27. The molecule has 0 heterocycles. The molecular weight excluding hydrogens is 208 g/mol. The fraction of sp³-hybridized carbons (Fsp3) is 0. The third-order valence-corrected chi connectivity index (χ3v) is 1.68. The molecular formula is C11H8N2O3. The van der Waals surface area contributed by atoms with Crippen LogP contribution in [0.5, 0.6) is 0 Å². The Hall–Kier alpha value is -2.61. The number of carboxylic acids is 1. The van der Waals surface area contributed by atoms with E-state index in [4.69, 9.17) is 10.4 Å². The minimum Gasteiger partial charge on any atom is -0.478 e. The van der Waals surface area contributed by atoms with Gasteiger partial charge in [0.15, 0.2) is 0 Å². The van der Waals surface area contributed by atoms with Crippen LogP contribution < -0.4 is 5.32 Å².